The smallest absolute Gasteiger partial charge is 0.235 e. The third kappa shape index (κ3) is 4.78. The molecule has 0 aliphatic carbocycles. The number of carbonyl (C=O) groups is 1. The number of ether oxygens (including phenoxy) is 2. The van der Waals surface area contributed by atoms with E-state index in [0.717, 1.165) is 11.1 Å². The lowest BCUT2D eigenvalue weighted by molar-refractivity contribution is 0.0920. The van der Waals surface area contributed by atoms with Gasteiger partial charge in [-0.05, 0) is 62.7 Å². The SMILES string of the molecule is CCOc1ccc(C(=O)COc2c(-c3ccc(C)cc3)oc3cc(C)c(Cl)cc3c2=O)cc1. The molecule has 0 saturated carbocycles. The molecule has 33 heavy (non-hydrogen) atoms. The minimum atomic E-state index is -0.381. The van der Waals surface area contributed by atoms with Gasteiger partial charge in [0.2, 0.25) is 11.2 Å². The van der Waals surface area contributed by atoms with E-state index in [0.29, 0.717) is 39.5 Å². The fourth-order valence-electron chi connectivity index (χ4n) is 3.45. The average Bonchev–Trinajstić information content (AvgIpc) is 2.81. The molecule has 0 radical (unpaired) electrons. The van der Waals surface area contributed by atoms with Gasteiger partial charge in [0, 0.05) is 16.1 Å². The summed E-state index contributed by atoms with van der Waals surface area (Å²) in [5.74, 6) is 0.660. The van der Waals surface area contributed by atoms with Gasteiger partial charge in [-0.2, -0.15) is 0 Å². The number of fused-ring (bicyclic) bond motifs is 1. The van der Waals surface area contributed by atoms with Crippen LogP contribution in [-0.4, -0.2) is 19.0 Å². The van der Waals surface area contributed by atoms with Crippen LogP contribution in [0.3, 0.4) is 0 Å². The summed E-state index contributed by atoms with van der Waals surface area (Å²) < 4.78 is 17.3. The highest BCUT2D eigenvalue weighted by Gasteiger charge is 2.20. The summed E-state index contributed by atoms with van der Waals surface area (Å²) in [6.45, 7) is 5.93. The monoisotopic (exact) mass is 462 g/mol. The standard InChI is InChI=1S/C27H23ClO5/c1-4-31-20-11-9-18(10-12-20)23(29)15-32-27-25(30)21-14-22(28)17(3)13-24(21)33-26(27)19-7-5-16(2)6-8-19/h5-14H,4,15H2,1-3H3. The summed E-state index contributed by atoms with van der Waals surface area (Å²) in [4.78, 5) is 26.1. The van der Waals surface area contributed by atoms with Crippen molar-refractivity contribution in [1.82, 2.24) is 0 Å². The van der Waals surface area contributed by atoms with Crippen LogP contribution < -0.4 is 14.9 Å². The average molecular weight is 463 g/mol. The van der Waals surface area contributed by atoms with Gasteiger partial charge in [-0.3, -0.25) is 9.59 Å². The molecular weight excluding hydrogens is 440 g/mol. The van der Waals surface area contributed by atoms with E-state index in [1.807, 2.05) is 45.0 Å². The second-order valence-corrected chi connectivity index (χ2v) is 8.13. The van der Waals surface area contributed by atoms with Crippen LogP contribution in [0.15, 0.2) is 69.9 Å². The summed E-state index contributed by atoms with van der Waals surface area (Å²) in [6.07, 6.45) is 0. The Labute approximate surface area is 196 Å². The van der Waals surface area contributed by atoms with Crippen molar-refractivity contribution in [3.05, 3.63) is 92.6 Å². The molecule has 0 amide bonds. The third-order valence-electron chi connectivity index (χ3n) is 5.28. The summed E-state index contributed by atoms with van der Waals surface area (Å²) in [7, 11) is 0. The van der Waals surface area contributed by atoms with Gasteiger partial charge in [-0.15, -0.1) is 0 Å². The molecule has 0 N–H and O–H groups in total. The van der Waals surface area contributed by atoms with E-state index in [-0.39, 0.29) is 29.3 Å². The van der Waals surface area contributed by atoms with Crippen molar-refractivity contribution in [2.24, 2.45) is 0 Å². The first-order valence-electron chi connectivity index (χ1n) is 10.6. The molecule has 1 heterocycles. The number of hydrogen-bond donors (Lipinski definition) is 0. The number of aryl methyl sites for hydroxylation is 2. The lowest BCUT2D eigenvalue weighted by Crippen LogP contribution is -2.17. The Balaban J connectivity index is 1.73. The minimum Gasteiger partial charge on any atom is -0.494 e. The van der Waals surface area contributed by atoms with Crippen LogP contribution in [-0.2, 0) is 0 Å². The van der Waals surface area contributed by atoms with E-state index in [1.165, 1.54) is 0 Å². The van der Waals surface area contributed by atoms with Crippen molar-refractivity contribution in [3.8, 4) is 22.8 Å². The van der Waals surface area contributed by atoms with E-state index >= 15 is 0 Å². The number of rotatable bonds is 7. The lowest BCUT2D eigenvalue weighted by atomic mass is 10.1. The van der Waals surface area contributed by atoms with Gasteiger partial charge in [0.05, 0.1) is 12.0 Å². The van der Waals surface area contributed by atoms with Gasteiger partial charge in [0.25, 0.3) is 0 Å². The van der Waals surface area contributed by atoms with Gasteiger partial charge < -0.3 is 13.9 Å². The number of halogens is 1. The highest BCUT2D eigenvalue weighted by Crippen LogP contribution is 2.33. The molecule has 0 bridgehead atoms. The van der Waals surface area contributed by atoms with E-state index < -0.39 is 0 Å². The number of hydrogen-bond acceptors (Lipinski definition) is 5. The second kappa shape index (κ2) is 9.51. The first-order valence-corrected chi connectivity index (χ1v) is 11.0. The Morgan fingerprint density at radius 2 is 1.67 bits per heavy atom. The van der Waals surface area contributed by atoms with Crippen molar-refractivity contribution < 1.29 is 18.7 Å². The van der Waals surface area contributed by atoms with Gasteiger partial charge in [-0.25, -0.2) is 0 Å². The molecular formula is C27H23ClO5. The summed E-state index contributed by atoms with van der Waals surface area (Å²) in [5, 5.41) is 0.749. The van der Waals surface area contributed by atoms with Crippen molar-refractivity contribution >= 4 is 28.4 Å². The van der Waals surface area contributed by atoms with Crippen LogP contribution in [0.2, 0.25) is 5.02 Å². The highest BCUT2D eigenvalue weighted by atomic mass is 35.5. The van der Waals surface area contributed by atoms with Crippen LogP contribution in [0.1, 0.15) is 28.4 Å². The van der Waals surface area contributed by atoms with Crippen LogP contribution in [0, 0.1) is 13.8 Å². The van der Waals surface area contributed by atoms with E-state index in [1.54, 1.807) is 36.4 Å². The Morgan fingerprint density at radius 1 is 0.970 bits per heavy atom. The highest BCUT2D eigenvalue weighted by molar-refractivity contribution is 6.32. The first-order chi connectivity index (χ1) is 15.9. The Hall–Kier alpha value is -3.57. The van der Waals surface area contributed by atoms with Gasteiger partial charge >= 0.3 is 0 Å². The van der Waals surface area contributed by atoms with Crippen molar-refractivity contribution in [2.45, 2.75) is 20.8 Å². The Bertz CT molecular complexity index is 1370. The Morgan fingerprint density at radius 3 is 2.33 bits per heavy atom. The number of benzene rings is 3. The normalized spacial score (nSPS) is 10.9. The van der Waals surface area contributed by atoms with Crippen molar-refractivity contribution in [3.63, 3.8) is 0 Å². The third-order valence-corrected chi connectivity index (χ3v) is 5.69. The van der Waals surface area contributed by atoms with E-state index in [2.05, 4.69) is 0 Å². The minimum absolute atomic E-state index is 0.0226. The molecule has 0 spiro atoms. The molecule has 1 aromatic heterocycles. The molecule has 0 fully saturated rings. The molecule has 5 nitrogen and oxygen atoms in total. The van der Waals surface area contributed by atoms with E-state index in [4.69, 9.17) is 25.5 Å². The molecule has 0 saturated heterocycles. The molecule has 3 aromatic carbocycles. The second-order valence-electron chi connectivity index (χ2n) is 7.72. The van der Waals surface area contributed by atoms with Crippen LogP contribution in [0.4, 0.5) is 0 Å². The fourth-order valence-corrected chi connectivity index (χ4v) is 3.61. The predicted molar refractivity (Wildman–Crippen MR) is 130 cm³/mol. The van der Waals surface area contributed by atoms with Crippen LogP contribution >= 0.6 is 11.6 Å². The van der Waals surface area contributed by atoms with Gasteiger partial charge in [0.15, 0.2) is 18.2 Å². The van der Waals surface area contributed by atoms with E-state index in [9.17, 15) is 9.59 Å². The number of carbonyl (C=O) groups excluding carboxylic acids is 1. The topological polar surface area (TPSA) is 65.7 Å². The molecule has 0 aliphatic rings. The Kier molecular flexibility index (Phi) is 6.52. The number of Topliss-reactive ketones (excluding diaryl/α,β-unsaturated/α-hetero) is 1. The fraction of sp³-hybridized carbons (Fsp3) is 0.185. The maximum Gasteiger partial charge on any atom is 0.235 e. The maximum atomic E-state index is 13.3. The molecule has 168 valence electrons. The first kappa shape index (κ1) is 22.6. The largest absolute Gasteiger partial charge is 0.494 e. The van der Waals surface area contributed by atoms with Gasteiger partial charge in [-0.1, -0.05) is 41.4 Å². The van der Waals surface area contributed by atoms with Crippen LogP contribution in [0.25, 0.3) is 22.3 Å². The molecule has 0 atom stereocenters. The zero-order valence-electron chi connectivity index (χ0n) is 18.6. The maximum absolute atomic E-state index is 13.3. The van der Waals surface area contributed by atoms with Gasteiger partial charge in [0.1, 0.15) is 11.3 Å². The molecule has 4 rings (SSSR count). The molecule has 0 aliphatic heterocycles. The zero-order valence-corrected chi connectivity index (χ0v) is 19.4. The summed E-state index contributed by atoms with van der Waals surface area (Å²) in [6, 6.07) is 17.6. The molecule has 6 heteroatoms. The molecule has 4 aromatic rings. The quantitative estimate of drug-likeness (QED) is 0.298. The summed E-state index contributed by atoms with van der Waals surface area (Å²) >= 11 is 6.24. The van der Waals surface area contributed by atoms with Crippen molar-refractivity contribution in [1.29, 1.82) is 0 Å². The van der Waals surface area contributed by atoms with Crippen LogP contribution in [0.5, 0.6) is 11.5 Å². The zero-order chi connectivity index (χ0) is 23.5. The number of ketones is 1. The lowest BCUT2D eigenvalue weighted by Gasteiger charge is -2.12. The predicted octanol–water partition coefficient (Wildman–Crippen LogP) is 6.39. The summed E-state index contributed by atoms with van der Waals surface area (Å²) in [5.41, 5.74) is 3.02. The van der Waals surface area contributed by atoms with Crippen molar-refractivity contribution in [2.75, 3.05) is 13.2 Å². The molecule has 0 unspecified atom stereocenters.